The van der Waals surface area contributed by atoms with Crippen molar-refractivity contribution in [2.45, 2.75) is 19.4 Å². The minimum atomic E-state index is -0.523. The maximum Gasteiger partial charge on any atom is 0.341 e. The first-order valence-electron chi connectivity index (χ1n) is 8.87. The van der Waals surface area contributed by atoms with Crippen molar-refractivity contribution in [2.75, 3.05) is 35.8 Å². The van der Waals surface area contributed by atoms with E-state index in [4.69, 9.17) is 4.74 Å². The summed E-state index contributed by atoms with van der Waals surface area (Å²) in [6.07, 6.45) is 1.75. The van der Waals surface area contributed by atoms with Crippen LogP contribution in [0.2, 0.25) is 0 Å². The number of amides is 2. The second-order valence-corrected chi connectivity index (χ2v) is 6.60. The molecule has 2 heterocycles. The third kappa shape index (κ3) is 3.80. The van der Waals surface area contributed by atoms with E-state index in [9.17, 15) is 14.4 Å². The number of likely N-dealkylation sites (N-methyl/N-ethyl adjacent to an activating group) is 1. The highest BCUT2D eigenvalue weighted by molar-refractivity contribution is 6.06. The van der Waals surface area contributed by atoms with E-state index in [1.807, 2.05) is 13.0 Å². The van der Waals surface area contributed by atoms with Crippen LogP contribution in [0.5, 0.6) is 0 Å². The number of pyridine rings is 1. The molecule has 3 rings (SSSR count). The average molecular weight is 382 g/mol. The highest BCUT2D eigenvalue weighted by atomic mass is 16.5. The first-order valence-corrected chi connectivity index (χ1v) is 8.87. The van der Waals surface area contributed by atoms with E-state index in [0.29, 0.717) is 17.2 Å². The zero-order valence-electron chi connectivity index (χ0n) is 16.0. The number of ether oxygens (including phenoxy) is 1. The van der Waals surface area contributed by atoms with Crippen molar-refractivity contribution in [1.29, 1.82) is 0 Å². The van der Waals surface area contributed by atoms with Gasteiger partial charge >= 0.3 is 5.97 Å². The molecule has 1 aliphatic heterocycles. The lowest BCUT2D eigenvalue weighted by Crippen LogP contribution is -2.44. The van der Waals surface area contributed by atoms with Gasteiger partial charge in [0.25, 0.3) is 0 Å². The van der Waals surface area contributed by atoms with Crippen molar-refractivity contribution >= 4 is 35.0 Å². The molecule has 0 unspecified atom stereocenters. The number of nitrogens with one attached hydrogen (secondary N) is 1. The second-order valence-electron chi connectivity index (χ2n) is 6.60. The normalized spacial score (nSPS) is 15.9. The lowest BCUT2D eigenvalue weighted by molar-refractivity contribution is -0.118. The Morgan fingerprint density at radius 3 is 2.79 bits per heavy atom. The number of nitrogens with zero attached hydrogens (tertiary/aromatic N) is 3. The fraction of sp³-hybridized carbons (Fsp3) is 0.300. The summed E-state index contributed by atoms with van der Waals surface area (Å²) in [5.74, 6) is -0.514. The third-order valence-corrected chi connectivity index (χ3v) is 4.55. The highest BCUT2D eigenvalue weighted by Gasteiger charge is 2.30. The Morgan fingerprint density at radius 1 is 1.29 bits per heavy atom. The van der Waals surface area contributed by atoms with E-state index in [-0.39, 0.29) is 36.4 Å². The van der Waals surface area contributed by atoms with Crippen LogP contribution in [0, 0.1) is 0 Å². The standard InChI is InChI=1S/C20H22N4O4/c1-13-11-17(25)22-15-8-4-5-9-16(15)24(13)18(26)12-23(2)19-14(20(27)28-3)7-6-10-21-19/h4-10,13H,11-12H2,1-3H3,(H,22,25)/t13-/m1/s1. The zero-order valence-corrected chi connectivity index (χ0v) is 16.0. The van der Waals surface area contributed by atoms with Crippen molar-refractivity contribution in [1.82, 2.24) is 4.98 Å². The molecule has 1 N–H and O–H groups in total. The second kappa shape index (κ2) is 8.08. The van der Waals surface area contributed by atoms with Gasteiger partial charge in [0.15, 0.2) is 0 Å². The summed E-state index contributed by atoms with van der Waals surface area (Å²) in [6, 6.07) is 10.1. The number of aromatic nitrogens is 1. The monoisotopic (exact) mass is 382 g/mol. The molecule has 0 bridgehead atoms. The molecule has 28 heavy (non-hydrogen) atoms. The molecule has 1 aromatic heterocycles. The lowest BCUT2D eigenvalue weighted by atomic mass is 10.1. The molecule has 1 aliphatic rings. The van der Waals surface area contributed by atoms with Crippen molar-refractivity contribution < 1.29 is 19.1 Å². The van der Waals surface area contributed by atoms with Crippen molar-refractivity contribution in [2.24, 2.45) is 0 Å². The smallest absolute Gasteiger partial charge is 0.341 e. The molecule has 8 nitrogen and oxygen atoms in total. The van der Waals surface area contributed by atoms with E-state index in [1.54, 1.807) is 53.4 Å². The van der Waals surface area contributed by atoms with Gasteiger partial charge in [0, 0.05) is 25.7 Å². The maximum absolute atomic E-state index is 13.2. The minimum Gasteiger partial charge on any atom is -0.465 e. The van der Waals surface area contributed by atoms with Crippen molar-refractivity contribution in [3.8, 4) is 0 Å². The SMILES string of the molecule is COC(=O)c1cccnc1N(C)CC(=O)N1c2ccccc2NC(=O)C[C@H]1C. The number of rotatable bonds is 4. The van der Waals surface area contributed by atoms with E-state index >= 15 is 0 Å². The van der Waals surface area contributed by atoms with Gasteiger partial charge < -0.3 is 19.9 Å². The molecule has 0 radical (unpaired) electrons. The zero-order chi connectivity index (χ0) is 20.3. The Balaban J connectivity index is 1.89. The Labute approximate surface area is 163 Å². The van der Waals surface area contributed by atoms with Gasteiger partial charge in [-0.2, -0.15) is 0 Å². The van der Waals surface area contributed by atoms with Gasteiger partial charge in [-0.05, 0) is 31.2 Å². The van der Waals surface area contributed by atoms with E-state index in [0.717, 1.165) is 0 Å². The number of anilines is 3. The Morgan fingerprint density at radius 2 is 2.04 bits per heavy atom. The first-order chi connectivity index (χ1) is 13.4. The molecule has 0 saturated carbocycles. The summed E-state index contributed by atoms with van der Waals surface area (Å²) in [7, 11) is 2.98. The fourth-order valence-corrected chi connectivity index (χ4v) is 3.29. The molecule has 0 fully saturated rings. The summed E-state index contributed by atoms with van der Waals surface area (Å²) >= 11 is 0. The van der Waals surface area contributed by atoms with E-state index < -0.39 is 5.97 Å². The molecule has 0 aliphatic carbocycles. The summed E-state index contributed by atoms with van der Waals surface area (Å²) in [5.41, 5.74) is 1.52. The number of fused-ring (bicyclic) bond motifs is 1. The van der Waals surface area contributed by atoms with Gasteiger partial charge in [0.05, 0.1) is 25.0 Å². The molecule has 146 valence electrons. The van der Waals surface area contributed by atoms with Crippen molar-refractivity contribution in [3.63, 3.8) is 0 Å². The van der Waals surface area contributed by atoms with Crippen LogP contribution in [0.3, 0.4) is 0 Å². The van der Waals surface area contributed by atoms with Crippen LogP contribution in [-0.2, 0) is 14.3 Å². The van der Waals surface area contributed by atoms with Crippen LogP contribution < -0.4 is 15.1 Å². The molecule has 8 heteroatoms. The highest BCUT2D eigenvalue weighted by Crippen LogP contribution is 2.31. The van der Waals surface area contributed by atoms with Gasteiger partial charge in [-0.15, -0.1) is 0 Å². The van der Waals surface area contributed by atoms with Crippen LogP contribution in [0.15, 0.2) is 42.6 Å². The fourth-order valence-electron chi connectivity index (χ4n) is 3.29. The topological polar surface area (TPSA) is 91.8 Å². The average Bonchev–Trinajstić information content (AvgIpc) is 2.81. The van der Waals surface area contributed by atoms with Gasteiger partial charge in [-0.25, -0.2) is 9.78 Å². The lowest BCUT2D eigenvalue weighted by Gasteiger charge is -2.30. The number of benzene rings is 1. The third-order valence-electron chi connectivity index (χ3n) is 4.55. The predicted octanol–water partition coefficient (Wildman–Crippen LogP) is 2.07. The first kappa shape index (κ1) is 19.3. The number of carbonyl (C=O) groups is 3. The predicted molar refractivity (Wildman–Crippen MR) is 105 cm³/mol. The summed E-state index contributed by atoms with van der Waals surface area (Å²) in [4.78, 5) is 44.7. The Hall–Kier alpha value is -3.42. The molecular formula is C20H22N4O4. The quantitative estimate of drug-likeness (QED) is 0.814. The van der Waals surface area contributed by atoms with Gasteiger partial charge in [0.1, 0.15) is 11.4 Å². The molecule has 1 atom stereocenters. The van der Waals surface area contributed by atoms with Crippen molar-refractivity contribution in [3.05, 3.63) is 48.2 Å². The number of carbonyl (C=O) groups excluding carboxylic acids is 3. The summed E-state index contributed by atoms with van der Waals surface area (Å²) in [6.45, 7) is 1.81. The van der Waals surface area contributed by atoms with Crippen LogP contribution in [0.4, 0.5) is 17.2 Å². The number of esters is 1. The number of hydrogen-bond acceptors (Lipinski definition) is 6. The van der Waals surface area contributed by atoms with Gasteiger partial charge in [-0.3, -0.25) is 9.59 Å². The Bertz CT molecular complexity index is 915. The number of hydrogen-bond donors (Lipinski definition) is 1. The molecule has 1 aromatic carbocycles. The summed E-state index contributed by atoms with van der Waals surface area (Å²) in [5, 5.41) is 2.83. The molecule has 0 spiro atoms. The van der Waals surface area contributed by atoms with Crippen LogP contribution in [-0.4, -0.2) is 49.5 Å². The molecule has 0 saturated heterocycles. The number of methoxy groups -OCH3 is 1. The summed E-state index contributed by atoms with van der Waals surface area (Å²) < 4.78 is 4.79. The van der Waals surface area contributed by atoms with Crippen LogP contribution >= 0.6 is 0 Å². The van der Waals surface area contributed by atoms with Crippen LogP contribution in [0.1, 0.15) is 23.7 Å². The largest absolute Gasteiger partial charge is 0.465 e. The minimum absolute atomic E-state index is 0.0200. The van der Waals surface area contributed by atoms with Gasteiger partial charge in [-0.1, -0.05) is 12.1 Å². The maximum atomic E-state index is 13.2. The Kier molecular flexibility index (Phi) is 5.58. The van der Waals surface area contributed by atoms with E-state index in [2.05, 4.69) is 10.3 Å². The number of para-hydroxylation sites is 2. The van der Waals surface area contributed by atoms with E-state index in [1.165, 1.54) is 7.11 Å². The molecular weight excluding hydrogens is 360 g/mol. The van der Waals surface area contributed by atoms with Gasteiger partial charge in [0.2, 0.25) is 11.8 Å². The van der Waals surface area contributed by atoms with Crippen LogP contribution in [0.25, 0.3) is 0 Å². The molecule has 2 amide bonds. The molecule has 2 aromatic rings.